The minimum Gasteiger partial charge on any atom is -0.407 e. The highest BCUT2D eigenvalue weighted by atomic mass is 16.4. The molecule has 0 saturated carbocycles. The summed E-state index contributed by atoms with van der Waals surface area (Å²) in [6, 6.07) is 11.7. The van der Waals surface area contributed by atoms with Crippen molar-refractivity contribution in [1.29, 1.82) is 0 Å². The lowest BCUT2D eigenvalue weighted by molar-refractivity contribution is 0.433. The molecule has 5 nitrogen and oxygen atoms in total. The Labute approximate surface area is 132 Å². The first-order valence-corrected chi connectivity index (χ1v) is 7.96. The highest BCUT2D eigenvalue weighted by Gasteiger charge is 2.19. The van der Waals surface area contributed by atoms with Crippen LogP contribution in [0.3, 0.4) is 0 Å². The van der Waals surface area contributed by atoms with Crippen LogP contribution in [0.2, 0.25) is 0 Å². The van der Waals surface area contributed by atoms with E-state index in [9.17, 15) is 0 Å². The standard InChI is InChI=1S/C17H26N4O/c1-5-14(4)21(12-15-9-7-6-8-10-15)17-20-19-16(22-17)11-18-13(2)3/h6-10,13-14,18H,5,11-12H2,1-4H3. The quantitative estimate of drug-likeness (QED) is 0.810. The fraction of sp³-hybridized carbons (Fsp3) is 0.529. The van der Waals surface area contributed by atoms with Crippen molar-refractivity contribution in [2.45, 2.75) is 59.3 Å². The first kappa shape index (κ1) is 16.5. The summed E-state index contributed by atoms with van der Waals surface area (Å²) in [5, 5.41) is 11.7. The zero-order chi connectivity index (χ0) is 15.9. The fourth-order valence-corrected chi connectivity index (χ4v) is 2.14. The third kappa shape index (κ3) is 4.56. The van der Waals surface area contributed by atoms with E-state index in [1.165, 1.54) is 5.56 Å². The third-order valence-electron chi connectivity index (χ3n) is 3.68. The molecule has 5 heteroatoms. The summed E-state index contributed by atoms with van der Waals surface area (Å²) in [5.74, 6) is 0.630. The molecule has 2 rings (SSSR count). The molecule has 2 aromatic rings. The molecular formula is C17H26N4O. The minimum absolute atomic E-state index is 0.339. The van der Waals surface area contributed by atoms with E-state index < -0.39 is 0 Å². The summed E-state index contributed by atoms with van der Waals surface area (Å²) in [7, 11) is 0. The average molecular weight is 302 g/mol. The normalized spacial score (nSPS) is 12.6. The van der Waals surface area contributed by atoms with E-state index in [0.29, 0.717) is 30.5 Å². The molecule has 1 aromatic heterocycles. The van der Waals surface area contributed by atoms with Crippen molar-refractivity contribution in [2.75, 3.05) is 4.90 Å². The van der Waals surface area contributed by atoms with Gasteiger partial charge in [0.05, 0.1) is 6.54 Å². The van der Waals surface area contributed by atoms with Gasteiger partial charge < -0.3 is 14.6 Å². The summed E-state index contributed by atoms with van der Waals surface area (Å²) in [6.45, 7) is 9.91. The largest absolute Gasteiger partial charge is 0.407 e. The van der Waals surface area contributed by atoms with E-state index in [4.69, 9.17) is 4.42 Å². The van der Waals surface area contributed by atoms with Crippen LogP contribution in [0.15, 0.2) is 34.7 Å². The predicted octanol–water partition coefficient (Wildman–Crippen LogP) is 3.37. The van der Waals surface area contributed by atoms with Crippen LogP contribution < -0.4 is 10.2 Å². The summed E-state index contributed by atoms with van der Waals surface area (Å²) in [5.41, 5.74) is 1.24. The van der Waals surface area contributed by atoms with E-state index >= 15 is 0 Å². The van der Waals surface area contributed by atoms with Crippen LogP contribution in [0, 0.1) is 0 Å². The van der Waals surface area contributed by atoms with Gasteiger partial charge in [-0.15, -0.1) is 5.10 Å². The lowest BCUT2D eigenvalue weighted by atomic mass is 10.1. The molecule has 0 saturated heterocycles. The Hall–Kier alpha value is -1.88. The minimum atomic E-state index is 0.339. The molecule has 0 aliphatic rings. The maximum atomic E-state index is 5.83. The number of hydrogen-bond acceptors (Lipinski definition) is 5. The molecule has 0 aliphatic carbocycles. The summed E-state index contributed by atoms with van der Waals surface area (Å²) in [4.78, 5) is 2.17. The number of aromatic nitrogens is 2. The van der Waals surface area contributed by atoms with Gasteiger partial charge >= 0.3 is 6.01 Å². The second-order valence-corrected chi connectivity index (χ2v) is 5.88. The van der Waals surface area contributed by atoms with Gasteiger partial charge in [-0.25, -0.2) is 0 Å². The van der Waals surface area contributed by atoms with Crippen molar-refractivity contribution < 1.29 is 4.42 Å². The highest BCUT2D eigenvalue weighted by Crippen LogP contribution is 2.20. The van der Waals surface area contributed by atoms with Crippen LogP contribution in [-0.4, -0.2) is 22.3 Å². The van der Waals surface area contributed by atoms with E-state index in [2.05, 4.69) is 72.4 Å². The van der Waals surface area contributed by atoms with Crippen molar-refractivity contribution in [2.24, 2.45) is 0 Å². The highest BCUT2D eigenvalue weighted by molar-refractivity contribution is 5.30. The Morgan fingerprint density at radius 3 is 2.50 bits per heavy atom. The van der Waals surface area contributed by atoms with Gasteiger partial charge in [-0.3, -0.25) is 0 Å². The van der Waals surface area contributed by atoms with Crippen LogP contribution in [0.1, 0.15) is 45.6 Å². The predicted molar refractivity (Wildman–Crippen MR) is 88.7 cm³/mol. The lowest BCUT2D eigenvalue weighted by Crippen LogP contribution is -2.32. The topological polar surface area (TPSA) is 54.2 Å². The van der Waals surface area contributed by atoms with E-state index in [1.54, 1.807) is 0 Å². The Morgan fingerprint density at radius 2 is 1.86 bits per heavy atom. The van der Waals surface area contributed by atoms with Crippen LogP contribution in [0.25, 0.3) is 0 Å². The molecule has 1 heterocycles. The molecule has 0 amide bonds. The van der Waals surface area contributed by atoms with Crippen molar-refractivity contribution in [1.82, 2.24) is 15.5 Å². The molecule has 22 heavy (non-hydrogen) atoms. The van der Waals surface area contributed by atoms with Crippen LogP contribution in [-0.2, 0) is 13.1 Å². The van der Waals surface area contributed by atoms with Gasteiger partial charge in [0.1, 0.15) is 0 Å². The van der Waals surface area contributed by atoms with Crippen molar-refractivity contribution in [3.63, 3.8) is 0 Å². The lowest BCUT2D eigenvalue weighted by Gasteiger charge is -2.26. The van der Waals surface area contributed by atoms with E-state index in [-0.39, 0.29) is 0 Å². The van der Waals surface area contributed by atoms with Gasteiger partial charge in [-0.1, -0.05) is 56.2 Å². The summed E-state index contributed by atoms with van der Waals surface area (Å²) in [6.07, 6.45) is 1.02. The smallest absolute Gasteiger partial charge is 0.318 e. The summed E-state index contributed by atoms with van der Waals surface area (Å²) < 4.78 is 5.83. The van der Waals surface area contributed by atoms with Gasteiger partial charge in [0.15, 0.2) is 0 Å². The second-order valence-electron chi connectivity index (χ2n) is 5.88. The third-order valence-corrected chi connectivity index (χ3v) is 3.68. The maximum Gasteiger partial charge on any atom is 0.318 e. The number of nitrogens with zero attached hydrogens (tertiary/aromatic N) is 3. The number of hydrogen-bond donors (Lipinski definition) is 1. The number of anilines is 1. The van der Waals surface area contributed by atoms with Gasteiger partial charge in [0.25, 0.3) is 0 Å². The van der Waals surface area contributed by atoms with Gasteiger partial charge in [0.2, 0.25) is 5.89 Å². The number of benzene rings is 1. The number of rotatable bonds is 8. The molecule has 1 N–H and O–H groups in total. The van der Waals surface area contributed by atoms with Crippen molar-refractivity contribution in [3.05, 3.63) is 41.8 Å². The molecule has 0 aliphatic heterocycles. The summed E-state index contributed by atoms with van der Waals surface area (Å²) >= 11 is 0. The zero-order valence-corrected chi connectivity index (χ0v) is 13.9. The molecule has 120 valence electrons. The zero-order valence-electron chi connectivity index (χ0n) is 13.9. The Balaban J connectivity index is 2.12. The van der Waals surface area contributed by atoms with Crippen LogP contribution in [0.5, 0.6) is 0 Å². The van der Waals surface area contributed by atoms with Crippen molar-refractivity contribution >= 4 is 6.01 Å². The molecule has 1 aromatic carbocycles. The fourth-order valence-electron chi connectivity index (χ4n) is 2.14. The van der Waals surface area contributed by atoms with Gasteiger partial charge in [-0.05, 0) is 18.9 Å². The Bertz CT molecular complexity index is 553. The van der Waals surface area contributed by atoms with E-state index in [1.807, 2.05) is 6.07 Å². The Kier molecular flexibility index (Phi) is 5.95. The van der Waals surface area contributed by atoms with Crippen LogP contribution in [0.4, 0.5) is 6.01 Å². The maximum absolute atomic E-state index is 5.83. The molecule has 1 atom stereocenters. The Morgan fingerprint density at radius 1 is 1.14 bits per heavy atom. The monoisotopic (exact) mass is 302 g/mol. The van der Waals surface area contributed by atoms with E-state index in [0.717, 1.165) is 13.0 Å². The van der Waals surface area contributed by atoms with Gasteiger partial charge in [-0.2, -0.15) is 0 Å². The molecule has 0 bridgehead atoms. The molecule has 0 radical (unpaired) electrons. The first-order valence-electron chi connectivity index (χ1n) is 7.96. The molecule has 0 fully saturated rings. The first-order chi connectivity index (χ1) is 10.6. The van der Waals surface area contributed by atoms with Gasteiger partial charge in [0, 0.05) is 18.6 Å². The number of nitrogens with one attached hydrogen (secondary N) is 1. The van der Waals surface area contributed by atoms with Crippen molar-refractivity contribution in [3.8, 4) is 0 Å². The molecule has 1 unspecified atom stereocenters. The SMILES string of the molecule is CCC(C)N(Cc1ccccc1)c1nnc(CNC(C)C)o1. The molecule has 0 spiro atoms. The molecular weight excluding hydrogens is 276 g/mol. The van der Waals surface area contributed by atoms with Crippen LogP contribution >= 0.6 is 0 Å². The second kappa shape index (κ2) is 7.94. The average Bonchev–Trinajstić information content (AvgIpc) is 2.99.